The summed E-state index contributed by atoms with van der Waals surface area (Å²) < 4.78 is 7.96. The summed E-state index contributed by atoms with van der Waals surface area (Å²) in [5.74, 6) is -0.378. The molecule has 2 atom stereocenters. The molecule has 0 bridgehead atoms. The Labute approximate surface area is 191 Å². The zero-order valence-corrected chi connectivity index (χ0v) is 18.7. The normalized spacial score (nSPS) is 16.5. The fourth-order valence-electron chi connectivity index (χ4n) is 3.57. The first-order valence-electron chi connectivity index (χ1n) is 10.7. The number of para-hydroxylation sites is 1. The van der Waals surface area contributed by atoms with Crippen LogP contribution in [-0.4, -0.2) is 39.5 Å². The van der Waals surface area contributed by atoms with Crippen molar-refractivity contribution in [3.8, 4) is 11.3 Å². The molecule has 1 aromatic heterocycles. The summed E-state index contributed by atoms with van der Waals surface area (Å²) >= 11 is 1.33. The van der Waals surface area contributed by atoms with Gasteiger partial charge >= 0.3 is 6.03 Å². The van der Waals surface area contributed by atoms with E-state index in [9.17, 15) is 9.59 Å². The maximum atomic E-state index is 12.6. The molecule has 1 saturated heterocycles. The second-order valence-corrected chi connectivity index (χ2v) is 8.92. The van der Waals surface area contributed by atoms with Gasteiger partial charge in [-0.3, -0.25) is 10.1 Å². The van der Waals surface area contributed by atoms with Gasteiger partial charge in [0.15, 0.2) is 5.16 Å². The quantitative estimate of drug-likeness (QED) is 0.516. The van der Waals surface area contributed by atoms with Crippen LogP contribution in [0, 0.1) is 0 Å². The van der Waals surface area contributed by atoms with E-state index in [1.165, 1.54) is 11.8 Å². The number of amides is 3. The highest BCUT2D eigenvalue weighted by atomic mass is 32.2. The van der Waals surface area contributed by atoms with Gasteiger partial charge in [0.1, 0.15) is 0 Å². The molecule has 1 fully saturated rings. The number of ether oxygens (including phenoxy) is 1. The van der Waals surface area contributed by atoms with E-state index >= 15 is 0 Å². The summed E-state index contributed by atoms with van der Waals surface area (Å²) in [6.45, 7) is 3.22. The minimum absolute atomic E-state index is 0.131. The topological polar surface area (TPSA) is 85.2 Å². The van der Waals surface area contributed by atoms with E-state index in [1.54, 1.807) is 19.1 Å². The molecule has 1 aliphatic rings. The number of aromatic nitrogens is 2. The lowest BCUT2D eigenvalue weighted by Gasteiger charge is -2.17. The molecule has 7 nitrogen and oxygen atoms in total. The van der Waals surface area contributed by atoms with E-state index in [0.29, 0.717) is 12.2 Å². The van der Waals surface area contributed by atoms with Gasteiger partial charge < -0.3 is 14.6 Å². The van der Waals surface area contributed by atoms with Crippen LogP contribution in [0.25, 0.3) is 11.3 Å². The maximum Gasteiger partial charge on any atom is 0.325 e. The van der Waals surface area contributed by atoms with Crippen molar-refractivity contribution in [1.82, 2.24) is 14.9 Å². The van der Waals surface area contributed by atoms with Crippen molar-refractivity contribution in [2.24, 2.45) is 0 Å². The van der Waals surface area contributed by atoms with Crippen LogP contribution in [0.2, 0.25) is 0 Å². The lowest BCUT2D eigenvalue weighted by Crippen LogP contribution is -2.39. The summed E-state index contributed by atoms with van der Waals surface area (Å²) in [6, 6.07) is 18.5. The lowest BCUT2D eigenvalue weighted by molar-refractivity contribution is -0.119. The maximum absolute atomic E-state index is 12.6. The van der Waals surface area contributed by atoms with Gasteiger partial charge in [-0.05, 0) is 37.5 Å². The first kappa shape index (κ1) is 22.1. The first-order valence-corrected chi connectivity index (χ1v) is 11.5. The smallest absolute Gasteiger partial charge is 0.325 e. The number of anilines is 1. The number of urea groups is 1. The molecule has 0 spiro atoms. The molecule has 3 amide bonds. The van der Waals surface area contributed by atoms with Crippen LogP contribution in [-0.2, 0) is 16.1 Å². The first-order chi connectivity index (χ1) is 15.6. The summed E-state index contributed by atoms with van der Waals surface area (Å²) in [4.78, 5) is 29.4. The molecule has 32 heavy (non-hydrogen) atoms. The summed E-state index contributed by atoms with van der Waals surface area (Å²) in [5.41, 5.74) is 2.67. The molecule has 2 aromatic carbocycles. The van der Waals surface area contributed by atoms with Crippen molar-refractivity contribution in [1.29, 1.82) is 0 Å². The van der Waals surface area contributed by atoms with Gasteiger partial charge in [-0.25, -0.2) is 9.78 Å². The van der Waals surface area contributed by atoms with Crippen molar-refractivity contribution in [3.63, 3.8) is 0 Å². The molecule has 4 rings (SSSR count). The molecule has 0 aliphatic carbocycles. The third-order valence-corrected chi connectivity index (χ3v) is 6.32. The Kier molecular flexibility index (Phi) is 7.24. The van der Waals surface area contributed by atoms with E-state index < -0.39 is 11.3 Å². The standard InChI is InChI=1S/C24H26N4O3S/c1-17(22(29)27-23(30)26-19-11-6-3-7-12-19)32-24-25-15-21(18-9-4-2-5-10-18)28(24)16-20-13-8-14-31-20/h2-7,9-12,15,17,20H,8,13-14,16H2,1H3,(H2,26,27,29,30). The van der Waals surface area contributed by atoms with E-state index in [-0.39, 0.29) is 12.0 Å². The highest BCUT2D eigenvalue weighted by Crippen LogP contribution is 2.30. The third-order valence-electron chi connectivity index (χ3n) is 5.22. The van der Waals surface area contributed by atoms with Gasteiger partial charge in [0.2, 0.25) is 5.91 Å². The summed E-state index contributed by atoms with van der Waals surface area (Å²) in [7, 11) is 0. The number of carbonyl (C=O) groups excluding carboxylic acids is 2. The van der Waals surface area contributed by atoms with E-state index in [4.69, 9.17) is 4.74 Å². The predicted octanol–water partition coefficient (Wildman–Crippen LogP) is 4.56. The fourth-order valence-corrected chi connectivity index (χ4v) is 4.47. The molecule has 3 aromatic rings. The van der Waals surface area contributed by atoms with Gasteiger partial charge in [-0.15, -0.1) is 0 Å². The van der Waals surface area contributed by atoms with Crippen molar-refractivity contribution >= 4 is 29.4 Å². The van der Waals surface area contributed by atoms with E-state index in [1.807, 2.05) is 54.7 Å². The molecule has 0 radical (unpaired) electrons. The number of benzene rings is 2. The predicted molar refractivity (Wildman–Crippen MR) is 126 cm³/mol. The molecule has 2 unspecified atom stereocenters. The monoisotopic (exact) mass is 450 g/mol. The van der Waals surface area contributed by atoms with Crippen molar-refractivity contribution in [2.75, 3.05) is 11.9 Å². The third kappa shape index (κ3) is 5.57. The van der Waals surface area contributed by atoms with Crippen LogP contribution in [0.15, 0.2) is 72.0 Å². The number of rotatable bonds is 7. The summed E-state index contributed by atoms with van der Waals surface area (Å²) in [6.07, 6.45) is 4.02. The number of imidazole rings is 1. The van der Waals surface area contributed by atoms with Crippen LogP contribution < -0.4 is 10.6 Å². The van der Waals surface area contributed by atoms with Gasteiger partial charge in [-0.1, -0.05) is 60.3 Å². The minimum atomic E-state index is -0.554. The number of nitrogens with one attached hydrogen (secondary N) is 2. The van der Waals surface area contributed by atoms with Crippen LogP contribution >= 0.6 is 11.8 Å². The molecule has 8 heteroatoms. The van der Waals surface area contributed by atoms with E-state index in [0.717, 1.165) is 35.9 Å². The average molecular weight is 451 g/mol. The Morgan fingerprint density at radius 3 is 2.56 bits per heavy atom. The van der Waals surface area contributed by atoms with Crippen molar-refractivity contribution in [2.45, 2.75) is 42.8 Å². The number of thioether (sulfide) groups is 1. The Hall–Kier alpha value is -3.10. The van der Waals surface area contributed by atoms with Crippen LogP contribution in [0.1, 0.15) is 19.8 Å². The zero-order valence-electron chi connectivity index (χ0n) is 17.9. The second kappa shape index (κ2) is 10.5. The molecule has 2 N–H and O–H groups in total. The van der Waals surface area contributed by atoms with E-state index in [2.05, 4.69) is 20.2 Å². The molecule has 2 heterocycles. The number of hydrogen-bond donors (Lipinski definition) is 2. The SMILES string of the molecule is CC(Sc1ncc(-c2ccccc2)n1CC1CCCO1)C(=O)NC(=O)Nc1ccccc1. The Morgan fingerprint density at radius 2 is 1.88 bits per heavy atom. The second-order valence-electron chi connectivity index (χ2n) is 7.61. The van der Waals surface area contributed by atoms with Gasteiger partial charge in [0.05, 0.1) is 29.8 Å². The highest BCUT2D eigenvalue weighted by molar-refractivity contribution is 8.00. The lowest BCUT2D eigenvalue weighted by atomic mass is 10.1. The van der Waals surface area contributed by atoms with Gasteiger partial charge in [0, 0.05) is 12.3 Å². The zero-order chi connectivity index (χ0) is 22.3. The number of nitrogens with zero attached hydrogens (tertiary/aromatic N) is 2. The number of carbonyl (C=O) groups is 2. The molecule has 166 valence electrons. The molecular formula is C24H26N4O3S. The van der Waals surface area contributed by atoms with Crippen LogP contribution in [0.5, 0.6) is 0 Å². The van der Waals surface area contributed by atoms with Crippen molar-refractivity contribution in [3.05, 3.63) is 66.9 Å². The Bertz CT molecular complexity index is 1050. The minimum Gasteiger partial charge on any atom is -0.376 e. The molecule has 1 aliphatic heterocycles. The largest absolute Gasteiger partial charge is 0.376 e. The van der Waals surface area contributed by atoms with Crippen LogP contribution in [0.4, 0.5) is 10.5 Å². The van der Waals surface area contributed by atoms with Gasteiger partial charge in [0.25, 0.3) is 0 Å². The van der Waals surface area contributed by atoms with Crippen LogP contribution in [0.3, 0.4) is 0 Å². The summed E-state index contributed by atoms with van der Waals surface area (Å²) in [5, 5.41) is 5.29. The highest BCUT2D eigenvalue weighted by Gasteiger charge is 2.24. The average Bonchev–Trinajstić information content (AvgIpc) is 3.46. The molecule has 0 saturated carbocycles. The fraction of sp³-hybridized carbons (Fsp3) is 0.292. The Morgan fingerprint density at radius 1 is 1.16 bits per heavy atom. The number of imide groups is 1. The van der Waals surface area contributed by atoms with Gasteiger partial charge in [-0.2, -0.15) is 0 Å². The number of hydrogen-bond acceptors (Lipinski definition) is 5. The van der Waals surface area contributed by atoms with Crippen molar-refractivity contribution < 1.29 is 14.3 Å². The molecular weight excluding hydrogens is 424 g/mol. The Balaban J connectivity index is 1.45.